The van der Waals surface area contributed by atoms with Crippen molar-refractivity contribution in [2.24, 2.45) is 4.99 Å². The number of ether oxygens (including phenoxy) is 1. The lowest BCUT2D eigenvalue weighted by Gasteiger charge is -2.22. The summed E-state index contributed by atoms with van der Waals surface area (Å²) >= 11 is 0. The highest BCUT2D eigenvalue weighted by Crippen LogP contribution is 2.34. The number of hydrogen-bond donors (Lipinski definition) is 3. The SMILES string of the molecule is COCC1CCCC(Nc2ccc3c(c2)[C@@H](NC(=O)c2ccc(-c4ccc(F)cc4)cc2)[C@H](O)C3)=N1. The minimum absolute atomic E-state index is 0.170. The molecule has 0 spiro atoms. The second-order valence-electron chi connectivity index (χ2n) is 9.42. The van der Waals surface area contributed by atoms with Crippen LogP contribution in [0.3, 0.4) is 0 Å². The van der Waals surface area contributed by atoms with Crippen LogP contribution in [0.2, 0.25) is 0 Å². The molecule has 2 aliphatic rings. The van der Waals surface area contributed by atoms with E-state index in [4.69, 9.17) is 9.73 Å². The van der Waals surface area contributed by atoms with Gasteiger partial charge in [0.15, 0.2) is 0 Å². The monoisotopic (exact) mass is 487 g/mol. The minimum Gasteiger partial charge on any atom is -0.390 e. The average molecular weight is 488 g/mol. The van der Waals surface area contributed by atoms with E-state index in [-0.39, 0.29) is 17.8 Å². The Morgan fingerprint density at radius 1 is 1.08 bits per heavy atom. The van der Waals surface area contributed by atoms with Gasteiger partial charge in [-0.25, -0.2) is 4.39 Å². The molecule has 5 rings (SSSR count). The van der Waals surface area contributed by atoms with Gasteiger partial charge in [0.25, 0.3) is 5.91 Å². The molecule has 3 aromatic carbocycles. The van der Waals surface area contributed by atoms with Crippen LogP contribution in [-0.4, -0.2) is 42.7 Å². The van der Waals surface area contributed by atoms with Crippen molar-refractivity contribution in [1.29, 1.82) is 0 Å². The number of amidine groups is 1. The van der Waals surface area contributed by atoms with E-state index < -0.39 is 12.1 Å². The van der Waals surface area contributed by atoms with Gasteiger partial charge in [0.1, 0.15) is 11.7 Å². The molecule has 186 valence electrons. The number of carbonyl (C=O) groups is 1. The zero-order valence-electron chi connectivity index (χ0n) is 20.2. The van der Waals surface area contributed by atoms with Gasteiger partial charge in [0, 0.05) is 31.2 Å². The van der Waals surface area contributed by atoms with Gasteiger partial charge in [0.05, 0.1) is 24.8 Å². The molecule has 0 bridgehead atoms. The smallest absolute Gasteiger partial charge is 0.251 e. The quantitative estimate of drug-likeness (QED) is 0.462. The number of aliphatic imine (C=N–C) groups is 1. The summed E-state index contributed by atoms with van der Waals surface area (Å²) in [6.45, 7) is 0.612. The number of fused-ring (bicyclic) bond motifs is 1. The second-order valence-corrected chi connectivity index (χ2v) is 9.42. The van der Waals surface area contributed by atoms with Crippen LogP contribution in [0.1, 0.15) is 46.8 Å². The standard InChI is InChI=1S/C29H30FN3O3/c1-36-17-24-3-2-4-27(32-24)31-23-14-11-21-15-26(34)28(25(21)16-23)33-29(35)20-7-5-18(6-8-20)19-9-12-22(30)13-10-19/h5-14,16,24,26,28,34H,2-4,15,17H2,1H3,(H,31,32)(H,33,35)/t24?,26-,28-/m1/s1. The molecule has 1 unspecified atom stereocenters. The van der Waals surface area contributed by atoms with E-state index in [0.717, 1.165) is 53.0 Å². The Hall–Kier alpha value is -3.55. The Morgan fingerprint density at radius 2 is 1.81 bits per heavy atom. The topological polar surface area (TPSA) is 83.0 Å². The maximum Gasteiger partial charge on any atom is 0.251 e. The third-order valence-electron chi connectivity index (χ3n) is 6.84. The highest BCUT2D eigenvalue weighted by molar-refractivity contribution is 5.96. The number of nitrogens with one attached hydrogen (secondary N) is 2. The first-order valence-corrected chi connectivity index (χ1v) is 12.3. The van der Waals surface area contributed by atoms with E-state index in [0.29, 0.717) is 18.6 Å². The predicted molar refractivity (Wildman–Crippen MR) is 139 cm³/mol. The summed E-state index contributed by atoms with van der Waals surface area (Å²) in [5.74, 6) is 0.393. The number of halogens is 1. The molecule has 1 amide bonds. The van der Waals surface area contributed by atoms with Crippen LogP contribution in [0.15, 0.2) is 71.7 Å². The third kappa shape index (κ3) is 5.32. The summed E-state index contributed by atoms with van der Waals surface area (Å²) in [4.78, 5) is 17.8. The van der Waals surface area contributed by atoms with Crippen molar-refractivity contribution >= 4 is 17.4 Å². The number of benzene rings is 3. The van der Waals surface area contributed by atoms with Crippen molar-refractivity contribution in [2.45, 2.75) is 43.9 Å². The Labute approximate surface area is 210 Å². The summed E-state index contributed by atoms with van der Waals surface area (Å²) in [5.41, 5.74) is 5.09. The van der Waals surface area contributed by atoms with Gasteiger partial charge in [-0.2, -0.15) is 0 Å². The number of aliphatic hydroxyl groups is 1. The molecule has 3 aromatic rings. The van der Waals surface area contributed by atoms with Crippen LogP contribution in [0.25, 0.3) is 11.1 Å². The highest BCUT2D eigenvalue weighted by atomic mass is 19.1. The van der Waals surface area contributed by atoms with Crippen LogP contribution in [0.4, 0.5) is 10.1 Å². The maximum atomic E-state index is 13.2. The van der Waals surface area contributed by atoms with Gasteiger partial charge in [-0.15, -0.1) is 0 Å². The Kier molecular flexibility index (Phi) is 7.11. The normalized spacial score (nSPS) is 21.0. The largest absolute Gasteiger partial charge is 0.390 e. The van der Waals surface area contributed by atoms with Crippen molar-refractivity contribution in [3.8, 4) is 11.1 Å². The van der Waals surface area contributed by atoms with Crippen LogP contribution in [-0.2, 0) is 11.2 Å². The number of methoxy groups -OCH3 is 1. The van der Waals surface area contributed by atoms with Crippen molar-refractivity contribution < 1.29 is 19.0 Å². The molecular weight excluding hydrogens is 457 g/mol. The number of carbonyl (C=O) groups excluding carboxylic acids is 1. The zero-order chi connectivity index (χ0) is 25.1. The van der Waals surface area contributed by atoms with E-state index >= 15 is 0 Å². The summed E-state index contributed by atoms with van der Waals surface area (Å²) in [5, 5.41) is 17.2. The maximum absolute atomic E-state index is 13.2. The van der Waals surface area contributed by atoms with Crippen molar-refractivity contribution in [3.05, 3.63) is 89.2 Å². The molecule has 1 aliphatic heterocycles. The minimum atomic E-state index is -0.698. The predicted octanol–water partition coefficient (Wildman–Crippen LogP) is 4.89. The first kappa shape index (κ1) is 24.2. The van der Waals surface area contributed by atoms with Crippen molar-refractivity contribution in [3.63, 3.8) is 0 Å². The van der Waals surface area contributed by atoms with E-state index in [1.165, 1.54) is 12.1 Å². The lowest BCUT2D eigenvalue weighted by Crippen LogP contribution is -2.33. The fourth-order valence-corrected chi connectivity index (χ4v) is 4.98. The zero-order valence-corrected chi connectivity index (χ0v) is 20.2. The summed E-state index contributed by atoms with van der Waals surface area (Å²) in [6.07, 6.45) is 2.75. The molecule has 1 heterocycles. The molecule has 0 radical (unpaired) electrons. The highest BCUT2D eigenvalue weighted by Gasteiger charge is 2.33. The lowest BCUT2D eigenvalue weighted by molar-refractivity contribution is 0.0858. The van der Waals surface area contributed by atoms with Crippen LogP contribution in [0.5, 0.6) is 0 Å². The molecule has 0 aromatic heterocycles. The molecule has 7 heteroatoms. The summed E-state index contributed by atoms with van der Waals surface area (Å²) < 4.78 is 18.5. The van der Waals surface area contributed by atoms with Gasteiger partial charge in [0.2, 0.25) is 0 Å². The van der Waals surface area contributed by atoms with Crippen LogP contribution in [0, 0.1) is 5.82 Å². The number of hydrogen-bond acceptors (Lipinski definition) is 5. The molecule has 0 saturated heterocycles. The molecule has 0 fully saturated rings. The summed E-state index contributed by atoms with van der Waals surface area (Å²) in [7, 11) is 1.69. The Bertz CT molecular complexity index is 1260. The Balaban J connectivity index is 1.29. The average Bonchev–Trinajstić information content (AvgIpc) is 3.19. The van der Waals surface area contributed by atoms with Crippen LogP contribution < -0.4 is 10.6 Å². The number of nitrogens with zero attached hydrogens (tertiary/aromatic N) is 1. The fourth-order valence-electron chi connectivity index (χ4n) is 4.98. The number of rotatable bonds is 6. The molecule has 3 atom stereocenters. The number of amides is 1. The second kappa shape index (κ2) is 10.6. The van der Waals surface area contributed by atoms with Crippen LogP contribution >= 0.6 is 0 Å². The first-order valence-electron chi connectivity index (χ1n) is 12.3. The van der Waals surface area contributed by atoms with E-state index in [9.17, 15) is 14.3 Å². The molecule has 3 N–H and O–H groups in total. The van der Waals surface area contributed by atoms with Gasteiger partial charge >= 0.3 is 0 Å². The van der Waals surface area contributed by atoms with Gasteiger partial charge < -0.3 is 20.5 Å². The lowest BCUT2D eigenvalue weighted by atomic mass is 10.0. The van der Waals surface area contributed by atoms with Gasteiger partial charge in [-0.05, 0) is 71.5 Å². The van der Waals surface area contributed by atoms with Crippen molar-refractivity contribution in [1.82, 2.24) is 5.32 Å². The van der Waals surface area contributed by atoms with Gasteiger partial charge in [-0.1, -0.05) is 30.3 Å². The van der Waals surface area contributed by atoms with E-state index in [2.05, 4.69) is 10.6 Å². The summed E-state index contributed by atoms with van der Waals surface area (Å²) in [6, 6.07) is 19.1. The van der Waals surface area contributed by atoms with Gasteiger partial charge in [-0.3, -0.25) is 9.79 Å². The number of anilines is 1. The molecule has 36 heavy (non-hydrogen) atoms. The molecule has 0 saturated carbocycles. The molecule has 1 aliphatic carbocycles. The van der Waals surface area contributed by atoms with E-state index in [1.54, 1.807) is 31.4 Å². The van der Waals surface area contributed by atoms with E-state index in [1.807, 2.05) is 30.3 Å². The first-order chi connectivity index (χ1) is 17.5. The molecule has 6 nitrogen and oxygen atoms in total. The molecular formula is C29H30FN3O3. The third-order valence-corrected chi connectivity index (χ3v) is 6.84. The van der Waals surface area contributed by atoms with Crippen molar-refractivity contribution in [2.75, 3.05) is 19.0 Å². The number of aliphatic hydroxyl groups excluding tert-OH is 1. The Morgan fingerprint density at radius 3 is 2.53 bits per heavy atom. The fraction of sp³-hybridized carbons (Fsp3) is 0.310.